The molecule has 1 aliphatic rings. The molecule has 5 heteroatoms. The summed E-state index contributed by atoms with van der Waals surface area (Å²) in [5.74, 6) is 0.317. The van der Waals surface area contributed by atoms with E-state index in [1.807, 2.05) is 65.6 Å². The zero-order valence-corrected chi connectivity index (χ0v) is 15.4. The SMILES string of the molecule is O=C(C(c1ccccc1)c1ccccc1)N1CC(Oc2ccc(Cl)cn2)C1. The zero-order chi connectivity index (χ0) is 18.6. The van der Waals surface area contributed by atoms with E-state index >= 15 is 0 Å². The van der Waals surface area contributed by atoms with Gasteiger partial charge in [0, 0.05) is 12.3 Å². The lowest BCUT2D eigenvalue weighted by Crippen LogP contribution is -2.57. The summed E-state index contributed by atoms with van der Waals surface area (Å²) in [4.78, 5) is 19.2. The molecule has 1 fully saturated rings. The van der Waals surface area contributed by atoms with E-state index < -0.39 is 0 Å². The molecule has 136 valence electrons. The molecule has 0 atom stereocenters. The van der Waals surface area contributed by atoms with E-state index in [1.165, 1.54) is 0 Å². The van der Waals surface area contributed by atoms with Crippen molar-refractivity contribution in [1.82, 2.24) is 9.88 Å². The predicted molar refractivity (Wildman–Crippen MR) is 105 cm³/mol. The van der Waals surface area contributed by atoms with Crippen LogP contribution in [0.4, 0.5) is 0 Å². The van der Waals surface area contributed by atoms with Gasteiger partial charge in [0.2, 0.25) is 11.8 Å². The number of amides is 1. The predicted octanol–water partition coefficient (Wildman–Crippen LogP) is 4.16. The Kier molecular flexibility index (Phi) is 5.07. The third kappa shape index (κ3) is 3.96. The van der Waals surface area contributed by atoms with E-state index in [0.717, 1.165) is 11.1 Å². The fourth-order valence-electron chi connectivity index (χ4n) is 3.25. The van der Waals surface area contributed by atoms with Crippen molar-refractivity contribution in [2.75, 3.05) is 13.1 Å². The largest absolute Gasteiger partial charge is 0.471 e. The maximum Gasteiger partial charge on any atom is 0.234 e. The Bertz CT molecular complexity index is 855. The molecule has 2 heterocycles. The van der Waals surface area contributed by atoms with E-state index in [0.29, 0.717) is 24.0 Å². The second-order valence-electron chi connectivity index (χ2n) is 6.55. The molecule has 0 bridgehead atoms. The molecule has 1 aliphatic heterocycles. The number of likely N-dealkylation sites (tertiary alicyclic amines) is 1. The van der Waals surface area contributed by atoms with Gasteiger partial charge in [0.1, 0.15) is 6.10 Å². The average Bonchev–Trinajstić information content (AvgIpc) is 2.67. The van der Waals surface area contributed by atoms with Gasteiger partial charge in [-0.2, -0.15) is 0 Å². The third-order valence-electron chi connectivity index (χ3n) is 4.66. The monoisotopic (exact) mass is 378 g/mol. The minimum absolute atomic E-state index is 0.0465. The zero-order valence-electron chi connectivity index (χ0n) is 14.7. The lowest BCUT2D eigenvalue weighted by Gasteiger charge is -2.40. The summed E-state index contributed by atoms with van der Waals surface area (Å²) in [6.07, 6.45) is 1.51. The molecule has 4 rings (SSSR count). The summed E-state index contributed by atoms with van der Waals surface area (Å²) in [5.41, 5.74) is 2.00. The summed E-state index contributed by atoms with van der Waals surface area (Å²) < 4.78 is 5.81. The fraction of sp³-hybridized carbons (Fsp3) is 0.182. The van der Waals surface area contributed by atoms with Crippen LogP contribution in [0.5, 0.6) is 5.88 Å². The van der Waals surface area contributed by atoms with Crippen molar-refractivity contribution >= 4 is 17.5 Å². The number of carbonyl (C=O) groups excluding carboxylic acids is 1. The molecule has 1 amide bonds. The molecular weight excluding hydrogens is 360 g/mol. The number of rotatable bonds is 5. The van der Waals surface area contributed by atoms with Crippen LogP contribution < -0.4 is 4.74 Å². The van der Waals surface area contributed by atoms with E-state index in [-0.39, 0.29) is 17.9 Å². The van der Waals surface area contributed by atoms with Gasteiger partial charge in [0.15, 0.2) is 0 Å². The molecule has 0 unspecified atom stereocenters. The van der Waals surface area contributed by atoms with Gasteiger partial charge in [0.05, 0.1) is 24.0 Å². The quantitative estimate of drug-likeness (QED) is 0.669. The number of carbonyl (C=O) groups is 1. The molecule has 27 heavy (non-hydrogen) atoms. The molecule has 0 saturated carbocycles. The highest BCUT2D eigenvalue weighted by atomic mass is 35.5. The van der Waals surface area contributed by atoms with Gasteiger partial charge in [0.25, 0.3) is 0 Å². The first-order chi connectivity index (χ1) is 13.2. The summed E-state index contributed by atoms with van der Waals surface area (Å²) >= 11 is 5.84. The molecule has 0 aliphatic carbocycles. The van der Waals surface area contributed by atoms with Gasteiger partial charge in [-0.25, -0.2) is 4.98 Å². The van der Waals surface area contributed by atoms with Crippen molar-refractivity contribution in [3.05, 3.63) is 95.1 Å². The molecule has 4 nitrogen and oxygen atoms in total. The number of hydrogen-bond donors (Lipinski definition) is 0. The molecule has 1 saturated heterocycles. The van der Waals surface area contributed by atoms with Gasteiger partial charge >= 0.3 is 0 Å². The molecular formula is C22H19ClN2O2. The Balaban J connectivity index is 1.46. The van der Waals surface area contributed by atoms with E-state index in [9.17, 15) is 4.79 Å². The molecule has 2 aromatic carbocycles. The maximum absolute atomic E-state index is 13.2. The Hall–Kier alpha value is -2.85. The molecule has 0 N–H and O–H groups in total. The Morgan fingerprint density at radius 1 is 0.963 bits per heavy atom. The number of aromatic nitrogens is 1. The highest BCUT2D eigenvalue weighted by Gasteiger charge is 2.37. The number of hydrogen-bond acceptors (Lipinski definition) is 3. The first-order valence-corrected chi connectivity index (χ1v) is 9.25. The van der Waals surface area contributed by atoms with E-state index in [2.05, 4.69) is 4.98 Å². The second kappa shape index (κ2) is 7.80. The van der Waals surface area contributed by atoms with Crippen LogP contribution in [-0.2, 0) is 4.79 Å². The van der Waals surface area contributed by atoms with Crippen molar-refractivity contribution in [3.63, 3.8) is 0 Å². The van der Waals surface area contributed by atoms with Gasteiger partial charge in [-0.3, -0.25) is 4.79 Å². The van der Waals surface area contributed by atoms with Gasteiger partial charge in [-0.15, -0.1) is 0 Å². The number of pyridine rings is 1. The maximum atomic E-state index is 13.2. The Morgan fingerprint density at radius 3 is 2.07 bits per heavy atom. The number of benzene rings is 2. The highest BCUT2D eigenvalue weighted by molar-refractivity contribution is 6.30. The van der Waals surface area contributed by atoms with Crippen molar-refractivity contribution in [3.8, 4) is 5.88 Å². The van der Waals surface area contributed by atoms with Crippen molar-refractivity contribution < 1.29 is 9.53 Å². The van der Waals surface area contributed by atoms with Crippen LogP contribution >= 0.6 is 11.6 Å². The highest BCUT2D eigenvalue weighted by Crippen LogP contribution is 2.29. The van der Waals surface area contributed by atoms with Crippen molar-refractivity contribution in [2.45, 2.75) is 12.0 Å². The summed E-state index contributed by atoms with van der Waals surface area (Å²) in [7, 11) is 0. The third-order valence-corrected chi connectivity index (χ3v) is 4.88. The van der Waals surface area contributed by atoms with Crippen LogP contribution in [0.15, 0.2) is 79.0 Å². The van der Waals surface area contributed by atoms with Gasteiger partial charge in [-0.05, 0) is 17.2 Å². The van der Waals surface area contributed by atoms with Crippen LogP contribution in [-0.4, -0.2) is 35.0 Å². The first kappa shape index (κ1) is 17.6. The van der Waals surface area contributed by atoms with Crippen LogP contribution in [0.25, 0.3) is 0 Å². The topological polar surface area (TPSA) is 42.4 Å². The van der Waals surface area contributed by atoms with Gasteiger partial charge < -0.3 is 9.64 Å². The average molecular weight is 379 g/mol. The normalized spacial score (nSPS) is 14.1. The van der Waals surface area contributed by atoms with Crippen LogP contribution in [0.3, 0.4) is 0 Å². The summed E-state index contributed by atoms with van der Waals surface area (Å²) in [6.45, 7) is 1.11. The minimum atomic E-state index is -0.304. The standard InChI is InChI=1S/C22H19ClN2O2/c23-18-11-12-20(24-13-18)27-19-14-25(15-19)22(26)21(16-7-3-1-4-8-16)17-9-5-2-6-10-17/h1-13,19,21H,14-15H2. The Labute approximate surface area is 163 Å². The van der Waals surface area contributed by atoms with Gasteiger partial charge in [-0.1, -0.05) is 72.3 Å². The van der Waals surface area contributed by atoms with Crippen LogP contribution in [0.1, 0.15) is 17.0 Å². The summed E-state index contributed by atoms with van der Waals surface area (Å²) in [5, 5.41) is 0.571. The van der Waals surface area contributed by atoms with Crippen molar-refractivity contribution in [2.24, 2.45) is 0 Å². The molecule has 0 radical (unpaired) electrons. The first-order valence-electron chi connectivity index (χ1n) is 8.87. The lowest BCUT2D eigenvalue weighted by atomic mass is 9.89. The lowest BCUT2D eigenvalue weighted by molar-refractivity contribution is -0.140. The van der Waals surface area contributed by atoms with E-state index in [1.54, 1.807) is 18.3 Å². The number of ether oxygens (including phenoxy) is 1. The number of halogens is 1. The smallest absolute Gasteiger partial charge is 0.234 e. The number of nitrogens with zero attached hydrogens (tertiary/aromatic N) is 2. The second-order valence-corrected chi connectivity index (χ2v) is 6.99. The van der Waals surface area contributed by atoms with Crippen LogP contribution in [0, 0.1) is 0 Å². The summed E-state index contributed by atoms with van der Waals surface area (Å²) in [6, 6.07) is 23.3. The van der Waals surface area contributed by atoms with E-state index in [4.69, 9.17) is 16.3 Å². The fourth-order valence-corrected chi connectivity index (χ4v) is 3.36. The van der Waals surface area contributed by atoms with Crippen molar-refractivity contribution in [1.29, 1.82) is 0 Å². The molecule has 1 aromatic heterocycles. The van der Waals surface area contributed by atoms with Crippen LogP contribution in [0.2, 0.25) is 5.02 Å². The molecule has 0 spiro atoms. The minimum Gasteiger partial charge on any atom is -0.471 e. The molecule has 3 aromatic rings. The Morgan fingerprint density at radius 2 is 1.56 bits per heavy atom.